The van der Waals surface area contributed by atoms with Crippen molar-refractivity contribution < 1.29 is 19.7 Å². The van der Waals surface area contributed by atoms with E-state index in [9.17, 15) is 10.2 Å². The van der Waals surface area contributed by atoms with E-state index in [1.54, 1.807) is 4.57 Å². The highest BCUT2D eigenvalue weighted by Crippen LogP contribution is 2.20. The summed E-state index contributed by atoms with van der Waals surface area (Å²) in [6.45, 7) is 0.177. The fraction of sp³-hybridized carbons (Fsp3) is 0.389. The summed E-state index contributed by atoms with van der Waals surface area (Å²) in [5, 5.41) is 20.1. The van der Waals surface area contributed by atoms with Crippen LogP contribution in [0.4, 0.5) is 5.82 Å². The van der Waals surface area contributed by atoms with Gasteiger partial charge in [-0.1, -0.05) is 23.7 Å². The Morgan fingerprint density at radius 2 is 2.00 bits per heavy atom. The number of aliphatic hydroxyl groups is 2. The molecule has 0 amide bonds. The van der Waals surface area contributed by atoms with Gasteiger partial charge in [0, 0.05) is 18.6 Å². The van der Waals surface area contributed by atoms with E-state index >= 15 is 0 Å². The van der Waals surface area contributed by atoms with Gasteiger partial charge in [0.25, 0.3) is 0 Å². The molecule has 28 heavy (non-hydrogen) atoms. The Bertz CT molecular complexity index is 914. The van der Waals surface area contributed by atoms with Crippen LogP contribution in [0.2, 0.25) is 5.02 Å². The van der Waals surface area contributed by atoms with Gasteiger partial charge in [0.1, 0.15) is 12.2 Å². The van der Waals surface area contributed by atoms with Crippen LogP contribution in [-0.4, -0.2) is 62.3 Å². The number of nitrogen functional groups attached to an aromatic ring is 1. The van der Waals surface area contributed by atoms with Crippen LogP contribution in [0.25, 0.3) is 11.2 Å². The van der Waals surface area contributed by atoms with Gasteiger partial charge in [-0.3, -0.25) is 0 Å². The van der Waals surface area contributed by atoms with Gasteiger partial charge >= 0.3 is 6.01 Å². The number of imidazole rings is 1. The molecule has 4 N–H and O–H groups in total. The van der Waals surface area contributed by atoms with Gasteiger partial charge in [0.15, 0.2) is 17.0 Å². The van der Waals surface area contributed by atoms with Crippen LogP contribution < -0.4 is 10.5 Å². The number of halogens is 1. The van der Waals surface area contributed by atoms with Crippen molar-refractivity contribution in [2.24, 2.45) is 0 Å². The summed E-state index contributed by atoms with van der Waals surface area (Å²) in [6, 6.07) is 7.62. The summed E-state index contributed by atoms with van der Waals surface area (Å²) in [6.07, 6.45) is 0.493. The van der Waals surface area contributed by atoms with E-state index in [0.29, 0.717) is 29.2 Å². The Kier molecular flexibility index (Phi) is 6.63. The molecule has 2 aromatic heterocycles. The number of rotatable bonds is 9. The Balaban J connectivity index is 1.72. The zero-order valence-electron chi connectivity index (χ0n) is 15.3. The summed E-state index contributed by atoms with van der Waals surface area (Å²) in [5.41, 5.74) is 7.88. The first-order valence-corrected chi connectivity index (χ1v) is 9.07. The monoisotopic (exact) mass is 407 g/mol. The van der Waals surface area contributed by atoms with E-state index in [1.807, 2.05) is 24.3 Å². The fourth-order valence-electron chi connectivity index (χ4n) is 2.73. The molecule has 2 heterocycles. The molecule has 0 radical (unpaired) electrons. The standard InChI is InChI=1S/C18H22ClN5O4/c1-27-14(9-25)13(26)8-24-10-21-15-16(20)22-18(23-17(15)24)28-7-6-11-2-4-12(19)5-3-11/h2-5,10,13-14,25-26H,6-9H2,1H3,(H2,20,22,23). The normalized spacial score (nSPS) is 13.6. The second kappa shape index (κ2) is 9.16. The van der Waals surface area contributed by atoms with E-state index in [1.165, 1.54) is 13.4 Å². The van der Waals surface area contributed by atoms with E-state index in [-0.39, 0.29) is 25.0 Å². The maximum atomic E-state index is 10.2. The number of nitrogens with zero attached hydrogens (tertiary/aromatic N) is 4. The van der Waals surface area contributed by atoms with Crippen molar-refractivity contribution in [1.82, 2.24) is 19.5 Å². The molecule has 150 valence electrons. The molecule has 0 saturated heterocycles. The molecule has 1 aromatic carbocycles. The predicted molar refractivity (Wildman–Crippen MR) is 104 cm³/mol. The van der Waals surface area contributed by atoms with Crippen molar-refractivity contribution in [3.05, 3.63) is 41.2 Å². The molecule has 0 bridgehead atoms. The van der Waals surface area contributed by atoms with E-state index in [2.05, 4.69) is 15.0 Å². The van der Waals surface area contributed by atoms with Gasteiger partial charge in [-0.15, -0.1) is 0 Å². The molecular formula is C18H22ClN5O4. The minimum atomic E-state index is -0.946. The van der Waals surface area contributed by atoms with Gasteiger partial charge < -0.3 is 30.0 Å². The van der Waals surface area contributed by atoms with E-state index < -0.39 is 12.2 Å². The smallest absolute Gasteiger partial charge is 0.320 e. The van der Waals surface area contributed by atoms with Crippen molar-refractivity contribution in [3.63, 3.8) is 0 Å². The molecule has 0 aliphatic carbocycles. The SMILES string of the molecule is COC(CO)C(O)Cn1cnc2c(N)nc(OCCc3ccc(Cl)cc3)nc21. The number of aliphatic hydroxyl groups excluding tert-OH is 2. The molecule has 2 unspecified atom stereocenters. The number of fused-ring (bicyclic) bond motifs is 1. The number of nitrogens with two attached hydrogens (primary N) is 1. The lowest BCUT2D eigenvalue weighted by molar-refractivity contribution is -0.0467. The number of benzene rings is 1. The van der Waals surface area contributed by atoms with Crippen LogP contribution in [0, 0.1) is 0 Å². The minimum absolute atomic E-state index is 0.121. The van der Waals surface area contributed by atoms with E-state index in [4.69, 9.17) is 26.8 Å². The Morgan fingerprint density at radius 1 is 1.25 bits per heavy atom. The summed E-state index contributed by atoms with van der Waals surface area (Å²) < 4.78 is 12.3. The number of methoxy groups -OCH3 is 1. The number of ether oxygens (including phenoxy) is 2. The van der Waals surface area contributed by atoms with Crippen LogP contribution in [0.15, 0.2) is 30.6 Å². The van der Waals surface area contributed by atoms with Gasteiger partial charge in [0.2, 0.25) is 0 Å². The second-order valence-corrected chi connectivity index (χ2v) is 6.65. The largest absolute Gasteiger partial charge is 0.463 e. The molecule has 3 rings (SSSR count). The van der Waals surface area contributed by atoms with Crippen LogP contribution >= 0.6 is 11.6 Å². The molecular weight excluding hydrogens is 386 g/mol. The van der Waals surface area contributed by atoms with Gasteiger partial charge in [-0.2, -0.15) is 9.97 Å². The number of aromatic nitrogens is 4. The number of anilines is 1. The van der Waals surface area contributed by atoms with Crippen LogP contribution in [0.3, 0.4) is 0 Å². The highest BCUT2D eigenvalue weighted by molar-refractivity contribution is 6.30. The first kappa shape index (κ1) is 20.3. The highest BCUT2D eigenvalue weighted by Gasteiger charge is 2.20. The molecule has 10 heteroatoms. The average Bonchev–Trinajstić information content (AvgIpc) is 3.08. The van der Waals surface area contributed by atoms with Gasteiger partial charge in [0.05, 0.1) is 26.1 Å². The molecule has 0 aliphatic rings. The maximum Gasteiger partial charge on any atom is 0.320 e. The van der Waals surface area contributed by atoms with Gasteiger partial charge in [-0.05, 0) is 17.7 Å². The second-order valence-electron chi connectivity index (χ2n) is 6.21. The number of hydrogen-bond acceptors (Lipinski definition) is 8. The first-order valence-electron chi connectivity index (χ1n) is 8.69. The fourth-order valence-corrected chi connectivity index (χ4v) is 2.85. The lowest BCUT2D eigenvalue weighted by Crippen LogP contribution is -2.34. The molecule has 9 nitrogen and oxygen atoms in total. The molecule has 2 atom stereocenters. The lowest BCUT2D eigenvalue weighted by atomic mass is 10.2. The molecule has 0 fully saturated rings. The summed E-state index contributed by atoms with van der Waals surface area (Å²) in [5.74, 6) is 0.185. The van der Waals surface area contributed by atoms with Crippen molar-refractivity contribution in [3.8, 4) is 6.01 Å². The maximum absolute atomic E-state index is 10.2. The lowest BCUT2D eigenvalue weighted by Gasteiger charge is -2.19. The molecule has 0 saturated carbocycles. The third-order valence-electron chi connectivity index (χ3n) is 4.30. The molecule has 3 aromatic rings. The first-order chi connectivity index (χ1) is 13.5. The minimum Gasteiger partial charge on any atom is -0.463 e. The van der Waals surface area contributed by atoms with Gasteiger partial charge in [-0.25, -0.2) is 4.98 Å². The third-order valence-corrected chi connectivity index (χ3v) is 4.55. The predicted octanol–water partition coefficient (Wildman–Crippen LogP) is 1.05. The van der Waals surface area contributed by atoms with Crippen molar-refractivity contribution in [1.29, 1.82) is 0 Å². The number of hydrogen-bond donors (Lipinski definition) is 3. The summed E-state index contributed by atoms with van der Waals surface area (Å²) in [7, 11) is 1.42. The Labute approximate surface area is 166 Å². The average molecular weight is 408 g/mol. The topological polar surface area (TPSA) is 129 Å². The van der Waals surface area contributed by atoms with Crippen LogP contribution in [0.5, 0.6) is 6.01 Å². The van der Waals surface area contributed by atoms with E-state index in [0.717, 1.165) is 5.56 Å². The summed E-state index contributed by atoms with van der Waals surface area (Å²) >= 11 is 5.88. The zero-order valence-corrected chi connectivity index (χ0v) is 16.1. The molecule has 0 aliphatic heterocycles. The van der Waals surface area contributed by atoms with Crippen LogP contribution in [-0.2, 0) is 17.7 Å². The molecule has 0 spiro atoms. The van der Waals surface area contributed by atoms with Crippen molar-refractivity contribution >= 4 is 28.6 Å². The summed E-state index contributed by atoms with van der Waals surface area (Å²) in [4.78, 5) is 12.7. The quantitative estimate of drug-likeness (QED) is 0.480. The zero-order chi connectivity index (χ0) is 20.1. The Morgan fingerprint density at radius 3 is 2.68 bits per heavy atom. The van der Waals surface area contributed by atoms with Crippen molar-refractivity contribution in [2.45, 2.75) is 25.2 Å². The van der Waals surface area contributed by atoms with Crippen LogP contribution in [0.1, 0.15) is 5.56 Å². The van der Waals surface area contributed by atoms with Crippen molar-refractivity contribution in [2.75, 3.05) is 26.1 Å². The highest BCUT2D eigenvalue weighted by atomic mass is 35.5. The third kappa shape index (κ3) is 4.68. The Hall–Kier alpha value is -2.46.